The van der Waals surface area contributed by atoms with Crippen molar-refractivity contribution in [3.63, 3.8) is 0 Å². The lowest BCUT2D eigenvalue weighted by Gasteiger charge is -2.25. The van der Waals surface area contributed by atoms with E-state index >= 15 is 0 Å². The van der Waals surface area contributed by atoms with Crippen LogP contribution < -0.4 is 5.73 Å². The molecule has 2 nitrogen and oxygen atoms in total. The van der Waals surface area contributed by atoms with Crippen molar-refractivity contribution in [2.45, 2.75) is 38.4 Å². The summed E-state index contributed by atoms with van der Waals surface area (Å²) in [7, 11) is 0. The standard InChI is InChI=1S/C16H23F3N2/c1-2-8-21(10-12-6-7-12)11-15(20)13-4-3-5-14(9-13)16(17,18)19/h3-5,9,12,15H,2,6-8,10-11,20H2,1H3. The Morgan fingerprint density at radius 3 is 2.62 bits per heavy atom. The summed E-state index contributed by atoms with van der Waals surface area (Å²) in [5.41, 5.74) is 6.06. The number of halogens is 3. The molecule has 0 aromatic heterocycles. The number of hydrogen-bond acceptors (Lipinski definition) is 2. The predicted octanol–water partition coefficient (Wildman–Crippen LogP) is 3.83. The van der Waals surface area contributed by atoms with Crippen LogP contribution in [-0.2, 0) is 6.18 Å². The zero-order chi connectivity index (χ0) is 15.5. The van der Waals surface area contributed by atoms with E-state index in [-0.39, 0.29) is 6.04 Å². The maximum atomic E-state index is 12.7. The summed E-state index contributed by atoms with van der Waals surface area (Å²) in [6.45, 7) is 4.69. The van der Waals surface area contributed by atoms with Crippen molar-refractivity contribution >= 4 is 0 Å². The average molecular weight is 300 g/mol. The number of rotatable bonds is 7. The Morgan fingerprint density at radius 2 is 2.05 bits per heavy atom. The average Bonchev–Trinajstić information content (AvgIpc) is 3.22. The van der Waals surface area contributed by atoms with Crippen LogP contribution in [0.4, 0.5) is 13.2 Å². The Hall–Kier alpha value is -1.07. The lowest BCUT2D eigenvalue weighted by Crippen LogP contribution is -2.34. The van der Waals surface area contributed by atoms with Crippen molar-refractivity contribution < 1.29 is 13.2 Å². The molecule has 0 amide bonds. The fraction of sp³-hybridized carbons (Fsp3) is 0.625. The molecule has 21 heavy (non-hydrogen) atoms. The number of alkyl halides is 3. The monoisotopic (exact) mass is 300 g/mol. The summed E-state index contributed by atoms with van der Waals surface area (Å²) in [4.78, 5) is 2.28. The largest absolute Gasteiger partial charge is 0.416 e. The number of hydrogen-bond donors (Lipinski definition) is 1. The Balaban J connectivity index is 2.02. The quantitative estimate of drug-likeness (QED) is 0.829. The van der Waals surface area contributed by atoms with Crippen LogP contribution in [0.25, 0.3) is 0 Å². The van der Waals surface area contributed by atoms with Gasteiger partial charge in [-0.3, -0.25) is 0 Å². The van der Waals surface area contributed by atoms with Crippen molar-refractivity contribution in [1.29, 1.82) is 0 Å². The van der Waals surface area contributed by atoms with Crippen LogP contribution in [0.2, 0.25) is 0 Å². The number of benzene rings is 1. The minimum absolute atomic E-state index is 0.377. The van der Waals surface area contributed by atoms with Crippen LogP contribution in [0.1, 0.15) is 43.4 Å². The van der Waals surface area contributed by atoms with Crippen molar-refractivity contribution in [2.24, 2.45) is 11.7 Å². The van der Waals surface area contributed by atoms with E-state index in [2.05, 4.69) is 11.8 Å². The van der Waals surface area contributed by atoms with Gasteiger partial charge in [0.05, 0.1) is 5.56 Å². The molecule has 2 rings (SSSR count). The molecule has 1 aromatic rings. The minimum Gasteiger partial charge on any atom is -0.323 e. The van der Waals surface area contributed by atoms with Gasteiger partial charge in [0, 0.05) is 19.1 Å². The molecule has 0 aliphatic heterocycles. The van der Waals surface area contributed by atoms with Crippen molar-refractivity contribution in [1.82, 2.24) is 4.90 Å². The summed E-state index contributed by atoms with van der Waals surface area (Å²) < 4.78 is 38.2. The van der Waals surface area contributed by atoms with Gasteiger partial charge in [-0.25, -0.2) is 0 Å². The van der Waals surface area contributed by atoms with Crippen LogP contribution in [0.15, 0.2) is 24.3 Å². The molecule has 1 unspecified atom stereocenters. The van der Waals surface area contributed by atoms with Crippen LogP contribution in [0.3, 0.4) is 0 Å². The fourth-order valence-electron chi connectivity index (χ4n) is 2.57. The van der Waals surface area contributed by atoms with Crippen molar-refractivity contribution in [2.75, 3.05) is 19.6 Å². The van der Waals surface area contributed by atoms with E-state index in [4.69, 9.17) is 5.73 Å². The van der Waals surface area contributed by atoms with Gasteiger partial charge < -0.3 is 10.6 Å². The molecule has 1 aliphatic rings. The van der Waals surface area contributed by atoms with E-state index < -0.39 is 11.7 Å². The maximum absolute atomic E-state index is 12.7. The van der Waals surface area contributed by atoms with Gasteiger partial charge in [0.25, 0.3) is 0 Å². The van der Waals surface area contributed by atoms with Gasteiger partial charge in [0.15, 0.2) is 0 Å². The molecular weight excluding hydrogens is 277 g/mol. The highest BCUT2D eigenvalue weighted by atomic mass is 19.4. The van der Waals surface area contributed by atoms with Crippen molar-refractivity contribution in [3.8, 4) is 0 Å². The second kappa shape index (κ2) is 6.79. The number of nitrogens with zero attached hydrogens (tertiary/aromatic N) is 1. The molecule has 2 N–H and O–H groups in total. The zero-order valence-electron chi connectivity index (χ0n) is 12.4. The third-order valence-corrected chi connectivity index (χ3v) is 3.85. The van der Waals surface area contributed by atoms with Crippen LogP contribution >= 0.6 is 0 Å². The first-order chi connectivity index (χ1) is 9.90. The van der Waals surface area contributed by atoms with Crippen LogP contribution in [0.5, 0.6) is 0 Å². The van der Waals surface area contributed by atoms with E-state index in [0.29, 0.717) is 12.1 Å². The van der Waals surface area contributed by atoms with Gasteiger partial charge in [0.1, 0.15) is 0 Å². The molecule has 0 radical (unpaired) electrons. The van der Waals surface area contributed by atoms with Gasteiger partial charge in [-0.15, -0.1) is 0 Å². The fourth-order valence-corrected chi connectivity index (χ4v) is 2.57. The molecule has 0 saturated heterocycles. The number of nitrogens with two attached hydrogens (primary N) is 1. The normalized spacial score (nSPS) is 17.2. The van der Waals surface area contributed by atoms with Gasteiger partial charge >= 0.3 is 6.18 Å². The van der Waals surface area contributed by atoms with E-state index in [9.17, 15) is 13.2 Å². The van der Waals surface area contributed by atoms with Gasteiger partial charge in [0.2, 0.25) is 0 Å². The molecule has 1 aliphatic carbocycles. The highest BCUT2D eigenvalue weighted by molar-refractivity contribution is 5.28. The summed E-state index contributed by atoms with van der Waals surface area (Å²) in [5, 5.41) is 0. The topological polar surface area (TPSA) is 29.3 Å². The molecule has 0 bridgehead atoms. The molecule has 1 aromatic carbocycles. The third-order valence-electron chi connectivity index (χ3n) is 3.85. The highest BCUT2D eigenvalue weighted by Crippen LogP contribution is 2.32. The molecule has 1 saturated carbocycles. The first-order valence-corrected chi connectivity index (χ1v) is 7.55. The lowest BCUT2D eigenvalue weighted by molar-refractivity contribution is -0.137. The second-order valence-electron chi connectivity index (χ2n) is 5.93. The Bertz CT molecular complexity index is 455. The van der Waals surface area contributed by atoms with E-state index in [1.807, 2.05) is 0 Å². The van der Waals surface area contributed by atoms with Gasteiger partial charge in [-0.2, -0.15) is 13.2 Å². The molecule has 1 fully saturated rings. The molecule has 118 valence electrons. The smallest absolute Gasteiger partial charge is 0.323 e. The zero-order valence-corrected chi connectivity index (χ0v) is 12.4. The Morgan fingerprint density at radius 1 is 1.33 bits per heavy atom. The Labute approximate surface area is 124 Å². The third kappa shape index (κ3) is 5.00. The lowest BCUT2D eigenvalue weighted by atomic mass is 10.0. The van der Waals surface area contributed by atoms with E-state index in [1.165, 1.54) is 25.0 Å². The van der Waals surface area contributed by atoms with E-state index in [1.54, 1.807) is 6.07 Å². The first kappa shape index (κ1) is 16.3. The van der Waals surface area contributed by atoms with Crippen LogP contribution in [-0.4, -0.2) is 24.5 Å². The molecule has 0 heterocycles. The molecule has 0 spiro atoms. The van der Waals surface area contributed by atoms with E-state index in [0.717, 1.165) is 31.5 Å². The summed E-state index contributed by atoms with van der Waals surface area (Å²) >= 11 is 0. The summed E-state index contributed by atoms with van der Waals surface area (Å²) in [6, 6.07) is 5.00. The van der Waals surface area contributed by atoms with Gasteiger partial charge in [-0.05, 0) is 49.4 Å². The summed E-state index contributed by atoms with van der Waals surface area (Å²) in [5.74, 6) is 0.755. The second-order valence-corrected chi connectivity index (χ2v) is 5.93. The summed E-state index contributed by atoms with van der Waals surface area (Å²) in [6.07, 6.45) is -0.757. The maximum Gasteiger partial charge on any atom is 0.416 e. The van der Waals surface area contributed by atoms with Crippen LogP contribution in [0, 0.1) is 5.92 Å². The molecule has 5 heteroatoms. The molecule has 1 atom stereocenters. The molecular formula is C16H23F3N2. The Kier molecular flexibility index (Phi) is 5.27. The minimum atomic E-state index is -4.31. The van der Waals surface area contributed by atoms with Crippen molar-refractivity contribution in [3.05, 3.63) is 35.4 Å². The predicted molar refractivity (Wildman–Crippen MR) is 77.8 cm³/mol. The highest BCUT2D eigenvalue weighted by Gasteiger charge is 2.31. The van der Waals surface area contributed by atoms with Gasteiger partial charge in [-0.1, -0.05) is 19.1 Å². The SMILES string of the molecule is CCCN(CC1CC1)CC(N)c1cccc(C(F)(F)F)c1. The first-order valence-electron chi connectivity index (χ1n) is 7.55.